The van der Waals surface area contributed by atoms with Gasteiger partial charge in [0.1, 0.15) is 0 Å². The molecule has 1 aromatic carbocycles. The largest absolute Gasteiger partial charge is 0.461 e. The Balaban J connectivity index is 1.77. The molecule has 0 atom stereocenters. The Morgan fingerprint density at radius 3 is 2.59 bits per heavy atom. The lowest BCUT2D eigenvalue weighted by Crippen LogP contribution is -2.31. The van der Waals surface area contributed by atoms with Crippen molar-refractivity contribution in [3.8, 4) is 0 Å². The zero-order chi connectivity index (χ0) is 21.0. The second kappa shape index (κ2) is 9.22. The van der Waals surface area contributed by atoms with Gasteiger partial charge in [0.05, 0.1) is 6.61 Å². The molecule has 0 unspecified atom stereocenters. The number of carbonyl (C=O) groups excluding carboxylic acids is 2. The molecular weight excluding hydrogens is 368 g/mol. The Kier molecular flexibility index (Phi) is 6.69. The Morgan fingerprint density at radius 1 is 1.24 bits per heavy atom. The molecule has 0 spiro atoms. The highest BCUT2D eigenvalue weighted by Gasteiger charge is 2.29. The second-order valence-corrected chi connectivity index (χ2v) is 7.91. The number of aromatic nitrogens is 2. The summed E-state index contributed by atoms with van der Waals surface area (Å²) in [5, 5.41) is 7.39. The number of nitrogens with zero attached hydrogens (tertiary/aromatic N) is 3. The van der Waals surface area contributed by atoms with E-state index in [1.54, 1.807) is 0 Å². The van der Waals surface area contributed by atoms with Crippen LogP contribution in [0.15, 0.2) is 24.3 Å². The third-order valence-corrected chi connectivity index (χ3v) is 4.90. The highest BCUT2D eigenvalue weighted by Crippen LogP contribution is 2.25. The van der Waals surface area contributed by atoms with Gasteiger partial charge in [-0.15, -0.1) is 0 Å². The fraction of sp³-hybridized carbons (Fsp3) is 0.500. The van der Waals surface area contributed by atoms with Crippen molar-refractivity contribution in [1.82, 2.24) is 14.7 Å². The maximum atomic E-state index is 12.5. The number of carbonyl (C=O) groups is 2. The number of fused-ring (bicyclic) bond motifs is 1. The fourth-order valence-electron chi connectivity index (χ4n) is 3.70. The van der Waals surface area contributed by atoms with Crippen molar-refractivity contribution in [2.75, 3.05) is 18.5 Å². The number of benzene rings is 1. The van der Waals surface area contributed by atoms with Crippen LogP contribution in [0.3, 0.4) is 0 Å². The molecule has 0 aliphatic carbocycles. The van der Waals surface area contributed by atoms with Gasteiger partial charge in [-0.2, -0.15) is 5.10 Å². The highest BCUT2D eigenvalue weighted by atomic mass is 16.5. The third kappa shape index (κ3) is 5.23. The molecule has 7 nitrogen and oxygen atoms in total. The van der Waals surface area contributed by atoms with Gasteiger partial charge in [-0.25, -0.2) is 4.79 Å². The van der Waals surface area contributed by atoms with Gasteiger partial charge in [0.2, 0.25) is 5.91 Å². The van der Waals surface area contributed by atoms with Crippen molar-refractivity contribution in [2.45, 2.75) is 53.8 Å². The number of nitrogens with one attached hydrogen (secondary N) is 1. The predicted molar refractivity (Wildman–Crippen MR) is 112 cm³/mol. The van der Waals surface area contributed by atoms with Gasteiger partial charge in [-0.1, -0.05) is 26.0 Å². The first-order valence-corrected chi connectivity index (χ1v) is 10.2. The molecule has 0 saturated heterocycles. The van der Waals surface area contributed by atoms with Crippen molar-refractivity contribution in [1.29, 1.82) is 0 Å². The van der Waals surface area contributed by atoms with Crippen LogP contribution in [0.1, 0.15) is 55.0 Å². The van der Waals surface area contributed by atoms with Gasteiger partial charge in [0.25, 0.3) is 0 Å². The van der Waals surface area contributed by atoms with Crippen LogP contribution in [-0.4, -0.2) is 39.7 Å². The number of anilines is 1. The van der Waals surface area contributed by atoms with E-state index in [2.05, 4.69) is 29.2 Å². The van der Waals surface area contributed by atoms with Crippen molar-refractivity contribution >= 4 is 17.6 Å². The third-order valence-electron chi connectivity index (χ3n) is 4.90. The Labute approximate surface area is 172 Å². The zero-order valence-corrected chi connectivity index (χ0v) is 17.7. The molecule has 7 heteroatoms. The second-order valence-electron chi connectivity index (χ2n) is 7.91. The molecule has 3 rings (SSSR count). The molecule has 0 radical (unpaired) electrons. The molecule has 2 aromatic rings. The lowest BCUT2D eigenvalue weighted by molar-refractivity contribution is -0.114. The van der Waals surface area contributed by atoms with Crippen molar-refractivity contribution < 1.29 is 14.3 Å². The SMILES string of the molecule is CCOC(=O)c1nn(CC(C)C)c2c1CN(Cc1ccc(NC(C)=O)cc1)CC2. The first-order valence-electron chi connectivity index (χ1n) is 10.2. The van der Waals surface area contributed by atoms with Gasteiger partial charge >= 0.3 is 5.97 Å². The van der Waals surface area contributed by atoms with Crippen LogP contribution in [0.5, 0.6) is 0 Å². The van der Waals surface area contributed by atoms with E-state index < -0.39 is 0 Å². The molecule has 29 heavy (non-hydrogen) atoms. The molecule has 1 aliphatic heterocycles. The van der Waals surface area contributed by atoms with E-state index >= 15 is 0 Å². The van der Waals surface area contributed by atoms with Crippen LogP contribution in [0.4, 0.5) is 5.69 Å². The van der Waals surface area contributed by atoms with Crippen molar-refractivity contribution in [3.63, 3.8) is 0 Å². The fourth-order valence-corrected chi connectivity index (χ4v) is 3.70. The van der Waals surface area contributed by atoms with Crippen LogP contribution in [-0.2, 0) is 35.6 Å². The van der Waals surface area contributed by atoms with E-state index in [1.807, 2.05) is 35.9 Å². The molecule has 1 aromatic heterocycles. The van der Waals surface area contributed by atoms with Crippen LogP contribution in [0.25, 0.3) is 0 Å². The number of esters is 1. The average molecular weight is 399 g/mol. The van der Waals surface area contributed by atoms with Gasteiger partial charge in [-0.3, -0.25) is 14.4 Å². The molecule has 156 valence electrons. The van der Waals surface area contributed by atoms with E-state index in [9.17, 15) is 9.59 Å². The van der Waals surface area contributed by atoms with E-state index in [4.69, 9.17) is 4.74 Å². The quantitative estimate of drug-likeness (QED) is 0.725. The van der Waals surface area contributed by atoms with Gasteiger partial charge in [-0.05, 0) is 30.5 Å². The normalized spacial score (nSPS) is 14.0. The zero-order valence-electron chi connectivity index (χ0n) is 17.7. The number of rotatable bonds is 7. The summed E-state index contributed by atoms with van der Waals surface area (Å²) < 4.78 is 7.23. The minimum atomic E-state index is -0.340. The lowest BCUT2D eigenvalue weighted by Gasteiger charge is -2.28. The summed E-state index contributed by atoms with van der Waals surface area (Å²) in [6.45, 7) is 11.1. The Bertz CT molecular complexity index is 871. The summed E-state index contributed by atoms with van der Waals surface area (Å²) in [6.07, 6.45) is 0.860. The molecule has 2 heterocycles. The predicted octanol–water partition coefficient (Wildman–Crippen LogP) is 3.23. The lowest BCUT2D eigenvalue weighted by atomic mass is 10.0. The van der Waals surface area contributed by atoms with Crippen molar-refractivity contribution in [2.24, 2.45) is 5.92 Å². The van der Waals surface area contributed by atoms with Crippen LogP contribution < -0.4 is 5.32 Å². The summed E-state index contributed by atoms with van der Waals surface area (Å²) in [6, 6.07) is 7.87. The number of amides is 1. The van der Waals surface area contributed by atoms with E-state index in [-0.39, 0.29) is 11.9 Å². The Morgan fingerprint density at radius 2 is 1.97 bits per heavy atom. The molecule has 1 amide bonds. The van der Waals surface area contributed by atoms with Gasteiger partial charge in [0.15, 0.2) is 5.69 Å². The molecule has 0 bridgehead atoms. The molecule has 0 fully saturated rings. The van der Waals surface area contributed by atoms with Crippen molar-refractivity contribution in [3.05, 3.63) is 46.8 Å². The van der Waals surface area contributed by atoms with Crippen LogP contribution >= 0.6 is 0 Å². The minimum absolute atomic E-state index is 0.0776. The average Bonchev–Trinajstić information content (AvgIpc) is 3.00. The number of hydrogen-bond donors (Lipinski definition) is 1. The minimum Gasteiger partial charge on any atom is -0.461 e. The standard InChI is InChI=1S/C22H30N4O3/c1-5-29-22(28)21-19-14-25(11-10-20(19)26(24-21)12-15(2)3)13-17-6-8-18(9-7-17)23-16(4)27/h6-9,15H,5,10-14H2,1-4H3,(H,23,27). The molecule has 1 aliphatic rings. The monoisotopic (exact) mass is 398 g/mol. The number of ether oxygens (including phenoxy) is 1. The molecule has 0 saturated carbocycles. The maximum absolute atomic E-state index is 12.5. The smallest absolute Gasteiger partial charge is 0.359 e. The van der Waals surface area contributed by atoms with E-state index in [0.717, 1.165) is 48.6 Å². The molecular formula is C22H30N4O3. The van der Waals surface area contributed by atoms with Crippen LogP contribution in [0.2, 0.25) is 0 Å². The topological polar surface area (TPSA) is 76.5 Å². The van der Waals surface area contributed by atoms with E-state index in [0.29, 0.717) is 24.8 Å². The maximum Gasteiger partial charge on any atom is 0.359 e. The summed E-state index contributed by atoms with van der Waals surface area (Å²) in [5.41, 5.74) is 4.55. The van der Waals surface area contributed by atoms with E-state index in [1.165, 1.54) is 6.92 Å². The summed E-state index contributed by atoms with van der Waals surface area (Å²) >= 11 is 0. The summed E-state index contributed by atoms with van der Waals surface area (Å²) in [7, 11) is 0. The summed E-state index contributed by atoms with van der Waals surface area (Å²) in [5.74, 6) is 0.0354. The molecule has 1 N–H and O–H groups in total. The highest BCUT2D eigenvalue weighted by molar-refractivity contribution is 5.89. The summed E-state index contributed by atoms with van der Waals surface area (Å²) in [4.78, 5) is 25.9. The first-order chi connectivity index (χ1) is 13.9. The first kappa shape index (κ1) is 21.0. The number of hydrogen-bond acceptors (Lipinski definition) is 5. The van der Waals surface area contributed by atoms with Gasteiger partial charge in [0, 0.05) is 56.5 Å². The van der Waals surface area contributed by atoms with Crippen LogP contribution in [0, 0.1) is 5.92 Å². The Hall–Kier alpha value is -2.67. The van der Waals surface area contributed by atoms with Gasteiger partial charge < -0.3 is 10.1 Å².